The van der Waals surface area contributed by atoms with Crippen molar-refractivity contribution >= 4 is 10.0 Å². The Morgan fingerprint density at radius 2 is 1.76 bits per heavy atom. The van der Waals surface area contributed by atoms with Gasteiger partial charge in [0.2, 0.25) is 10.0 Å². The molecule has 5 nitrogen and oxygen atoms in total. The maximum atomic E-state index is 12.7. The van der Waals surface area contributed by atoms with Crippen molar-refractivity contribution in [3.63, 3.8) is 0 Å². The Balaban J connectivity index is 1.79. The number of rotatable bonds is 3. The summed E-state index contributed by atoms with van der Waals surface area (Å²) in [6.45, 7) is 0. The van der Waals surface area contributed by atoms with Gasteiger partial charge in [0.05, 0.1) is 17.4 Å². The topological polar surface area (TPSA) is 87.2 Å². The smallest absolute Gasteiger partial charge is 0.218 e. The zero-order valence-electron chi connectivity index (χ0n) is 11.8. The molecule has 0 aromatic heterocycles. The summed E-state index contributed by atoms with van der Waals surface area (Å²) in [6.07, 6.45) is 3.38. The van der Waals surface area contributed by atoms with Gasteiger partial charge in [0.25, 0.3) is 0 Å². The van der Waals surface area contributed by atoms with E-state index < -0.39 is 10.0 Å². The van der Waals surface area contributed by atoms with Gasteiger partial charge in [-0.05, 0) is 43.4 Å². The van der Waals surface area contributed by atoms with Crippen molar-refractivity contribution in [2.24, 2.45) is 5.73 Å². The van der Waals surface area contributed by atoms with E-state index in [0.29, 0.717) is 5.56 Å². The molecule has 1 aromatic carbocycles. The Kier molecular flexibility index (Phi) is 3.74. The van der Waals surface area contributed by atoms with Gasteiger partial charge in [-0.3, -0.25) is 0 Å². The lowest BCUT2D eigenvalue weighted by Crippen LogP contribution is -2.50. The van der Waals surface area contributed by atoms with Gasteiger partial charge in [0, 0.05) is 18.1 Å². The van der Waals surface area contributed by atoms with Crippen molar-refractivity contribution in [2.75, 3.05) is 0 Å². The van der Waals surface area contributed by atoms with Crippen LogP contribution in [0.1, 0.15) is 36.8 Å². The van der Waals surface area contributed by atoms with Gasteiger partial charge in [0.1, 0.15) is 0 Å². The molecule has 0 aliphatic carbocycles. The molecular weight excluding hydrogens is 286 g/mol. The third-order valence-electron chi connectivity index (χ3n) is 4.46. The van der Waals surface area contributed by atoms with Crippen molar-refractivity contribution in [2.45, 2.75) is 49.6 Å². The van der Waals surface area contributed by atoms with Crippen LogP contribution in [-0.2, 0) is 15.8 Å². The molecule has 2 fully saturated rings. The van der Waals surface area contributed by atoms with Crippen LogP contribution in [0.25, 0.3) is 0 Å². The highest BCUT2D eigenvalue weighted by Gasteiger charge is 2.45. The summed E-state index contributed by atoms with van der Waals surface area (Å²) in [5.74, 6) is 0.000939. The summed E-state index contributed by atoms with van der Waals surface area (Å²) in [4.78, 5) is 0. The molecule has 0 saturated carbocycles. The number of benzene rings is 1. The van der Waals surface area contributed by atoms with Crippen LogP contribution in [0, 0.1) is 11.3 Å². The van der Waals surface area contributed by atoms with Gasteiger partial charge in [-0.15, -0.1) is 0 Å². The van der Waals surface area contributed by atoms with Crippen LogP contribution in [0.15, 0.2) is 24.3 Å². The molecule has 2 aliphatic heterocycles. The summed E-state index contributed by atoms with van der Waals surface area (Å²) in [6, 6.07) is 9.06. The first-order valence-electron chi connectivity index (χ1n) is 7.25. The normalized spacial score (nSPS) is 29.2. The van der Waals surface area contributed by atoms with Crippen LogP contribution >= 0.6 is 0 Å². The molecule has 112 valence electrons. The van der Waals surface area contributed by atoms with Crippen molar-refractivity contribution in [1.29, 1.82) is 5.26 Å². The van der Waals surface area contributed by atoms with E-state index in [0.717, 1.165) is 31.2 Å². The molecule has 0 radical (unpaired) electrons. The fourth-order valence-electron chi connectivity index (χ4n) is 3.59. The van der Waals surface area contributed by atoms with E-state index in [9.17, 15) is 8.42 Å². The molecule has 2 heterocycles. The molecule has 0 spiro atoms. The SMILES string of the molecule is N#Cc1ccc(CS(=O)(=O)N2C3CCC2CC(N)C3)cc1. The lowest BCUT2D eigenvalue weighted by Gasteiger charge is -2.36. The van der Waals surface area contributed by atoms with Crippen LogP contribution in [0.2, 0.25) is 0 Å². The summed E-state index contributed by atoms with van der Waals surface area (Å²) in [7, 11) is -3.32. The maximum Gasteiger partial charge on any atom is 0.218 e. The lowest BCUT2D eigenvalue weighted by atomic mass is 10.0. The maximum absolute atomic E-state index is 12.7. The van der Waals surface area contributed by atoms with Crippen molar-refractivity contribution in [1.82, 2.24) is 4.31 Å². The van der Waals surface area contributed by atoms with Crippen LogP contribution < -0.4 is 5.73 Å². The van der Waals surface area contributed by atoms with E-state index in [2.05, 4.69) is 0 Å². The Labute approximate surface area is 125 Å². The number of sulfonamides is 1. The highest BCUT2D eigenvalue weighted by Crippen LogP contribution is 2.38. The molecule has 6 heteroatoms. The predicted molar refractivity (Wildman–Crippen MR) is 79.6 cm³/mol. The Hall–Kier alpha value is -1.42. The Morgan fingerprint density at radius 3 is 2.29 bits per heavy atom. The monoisotopic (exact) mass is 305 g/mol. The number of nitriles is 1. The van der Waals surface area contributed by atoms with Crippen LogP contribution in [-0.4, -0.2) is 30.8 Å². The molecule has 2 unspecified atom stereocenters. The van der Waals surface area contributed by atoms with E-state index in [1.807, 2.05) is 6.07 Å². The quantitative estimate of drug-likeness (QED) is 0.913. The number of hydrogen-bond acceptors (Lipinski definition) is 4. The third-order valence-corrected chi connectivity index (χ3v) is 6.39. The molecule has 2 bridgehead atoms. The van der Waals surface area contributed by atoms with Crippen molar-refractivity contribution in [3.05, 3.63) is 35.4 Å². The minimum atomic E-state index is -3.32. The summed E-state index contributed by atoms with van der Waals surface area (Å²) in [5.41, 5.74) is 7.26. The lowest BCUT2D eigenvalue weighted by molar-refractivity contribution is 0.227. The van der Waals surface area contributed by atoms with E-state index in [1.54, 1.807) is 28.6 Å². The summed E-state index contributed by atoms with van der Waals surface area (Å²) >= 11 is 0. The zero-order valence-corrected chi connectivity index (χ0v) is 12.6. The van der Waals surface area contributed by atoms with Crippen molar-refractivity contribution < 1.29 is 8.42 Å². The number of piperidine rings is 1. The minimum absolute atomic E-state index is 0.000939. The van der Waals surface area contributed by atoms with E-state index in [-0.39, 0.29) is 23.9 Å². The summed E-state index contributed by atoms with van der Waals surface area (Å²) in [5, 5.41) is 8.78. The van der Waals surface area contributed by atoms with Crippen LogP contribution in [0.4, 0.5) is 0 Å². The molecule has 2 N–H and O–H groups in total. The molecule has 2 saturated heterocycles. The fourth-order valence-corrected chi connectivity index (χ4v) is 5.65. The Bertz CT molecular complexity index is 649. The largest absolute Gasteiger partial charge is 0.328 e. The second-order valence-electron chi connectivity index (χ2n) is 6.01. The molecular formula is C15H19N3O2S. The van der Waals surface area contributed by atoms with Gasteiger partial charge in [-0.2, -0.15) is 9.57 Å². The van der Waals surface area contributed by atoms with Crippen LogP contribution in [0.5, 0.6) is 0 Å². The molecule has 2 aliphatic rings. The average molecular weight is 305 g/mol. The second-order valence-corrected chi connectivity index (χ2v) is 7.89. The number of fused-ring (bicyclic) bond motifs is 2. The molecule has 3 rings (SSSR count). The molecule has 2 atom stereocenters. The highest BCUT2D eigenvalue weighted by molar-refractivity contribution is 7.88. The van der Waals surface area contributed by atoms with Gasteiger partial charge < -0.3 is 5.73 Å². The third kappa shape index (κ3) is 2.82. The van der Waals surface area contributed by atoms with Crippen molar-refractivity contribution in [3.8, 4) is 6.07 Å². The number of hydrogen-bond donors (Lipinski definition) is 1. The molecule has 1 aromatic rings. The zero-order chi connectivity index (χ0) is 15.0. The van der Waals surface area contributed by atoms with Gasteiger partial charge in [-0.25, -0.2) is 8.42 Å². The molecule has 0 amide bonds. The minimum Gasteiger partial charge on any atom is -0.328 e. The first-order chi connectivity index (χ1) is 9.99. The van der Waals surface area contributed by atoms with Gasteiger partial charge >= 0.3 is 0 Å². The van der Waals surface area contributed by atoms with E-state index in [1.165, 1.54) is 0 Å². The molecule has 21 heavy (non-hydrogen) atoms. The second kappa shape index (κ2) is 5.41. The Morgan fingerprint density at radius 1 is 1.19 bits per heavy atom. The average Bonchev–Trinajstić information content (AvgIpc) is 2.73. The predicted octanol–water partition coefficient (Wildman–Crippen LogP) is 1.34. The first-order valence-corrected chi connectivity index (χ1v) is 8.86. The van der Waals surface area contributed by atoms with Gasteiger partial charge in [0.15, 0.2) is 0 Å². The fraction of sp³-hybridized carbons (Fsp3) is 0.533. The van der Waals surface area contributed by atoms with E-state index in [4.69, 9.17) is 11.0 Å². The highest BCUT2D eigenvalue weighted by atomic mass is 32.2. The van der Waals surface area contributed by atoms with Gasteiger partial charge in [-0.1, -0.05) is 12.1 Å². The van der Waals surface area contributed by atoms with Crippen LogP contribution in [0.3, 0.4) is 0 Å². The standard InChI is InChI=1S/C15H19N3O2S/c16-9-11-1-3-12(4-2-11)10-21(19,20)18-14-5-6-15(18)8-13(17)7-14/h1-4,13-15H,5-8,10,17H2. The number of nitrogens with two attached hydrogens (primary N) is 1. The summed E-state index contributed by atoms with van der Waals surface area (Å²) < 4.78 is 27.1. The first kappa shape index (κ1) is 14.5. The number of nitrogens with zero attached hydrogens (tertiary/aromatic N) is 2. The van der Waals surface area contributed by atoms with E-state index >= 15 is 0 Å².